The minimum atomic E-state index is -0.764. The molecule has 2 aromatic carbocycles. The highest BCUT2D eigenvalue weighted by Crippen LogP contribution is 2.21. The first-order chi connectivity index (χ1) is 11.4. The second-order valence-corrected chi connectivity index (χ2v) is 5.34. The molecule has 0 unspecified atom stereocenters. The van der Waals surface area contributed by atoms with Crippen LogP contribution < -0.4 is 10.9 Å². The third kappa shape index (κ3) is 4.66. The van der Waals surface area contributed by atoms with E-state index < -0.39 is 23.4 Å². The molecule has 0 heterocycles. The minimum Gasteiger partial charge on any atom is -0.507 e. The number of phenolic OH excluding ortho intramolecular Hbond substituents is 1. The number of phenols is 1. The van der Waals surface area contributed by atoms with Crippen LogP contribution in [0.15, 0.2) is 36.4 Å². The molecular weight excluding hydrogens is 342 g/mol. The summed E-state index contributed by atoms with van der Waals surface area (Å²) in [5, 5.41) is 9.81. The predicted molar refractivity (Wildman–Crippen MR) is 83.4 cm³/mol. The van der Waals surface area contributed by atoms with E-state index in [9.17, 15) is 23.5 Å². The molecule has 126 valence electrons. The van der Waals surface area contributed by atoms with Crippen molar-refractivity contribution in [2.75, 3.05) is 0 Å². The Labute approximate surface area is 141 Å². The number of aromatic hydroxyl groups is 1. The average molecular weight is 355 g/mol. The summed E-state index contributed by atoms with van der Waals surface area (Å²) in [6.45, 7) is 0. The molecule has 0 saturated carbocycles. The molecule has 0 aliphatic rings. The molecule has 8 heteroatoms. The maximum absolute atomic E-state index is 13.4. The fraction of sp³-hybridized carbons (Fsp3) is 0.125. The van der Waals surface area contributed by atoms with Crippen molar-refractivity contribution in [1.29, 1.82) is 0 Å². The van der Waals surface area contributed by atoms with Gasteiger partial charge in [-0.15, -0.1) is 0 Å². The topological polar surface area (TPSA) is 78.4 Å². The molecule has 0 atom stereocenters. The second-order valence-electron chi connectivity index (χ2n) is 4.90. The lowest BCUT2D eigenvalue weighted by molar-refractivity contribution is -0.121. The summed E-state index contributed by atoms with van der Waals surface area (Å²) in [5.41, 5.74) is 4.17. The zero-order valence-electron chi connectivity index (χ0n) is 12.3. The van der Waals surface area contributed by atoms with E-state index in [0.29, 0.717) is 0 Å². The van der Waals surface area contributed by atoms with Crippen LogP contribution in [0.1, 0.15) is 22.3 Å². The van der Waals surface area contributed by atoms with Crippen molar-refractivity contribution < 1.29 is 23.5 Å². The largest absolute Gasteiger partial charge is 0.507 e. The number of nitrogens with one attached hydrogen (secondary N) is 2. The first-order valence-electron chi connectivity index (χ1n) is 6.88. The van der Waals surface area contributed by atoms with E-state index in [0.717, 1.165) is 18.2 Å². The Morgan fingerprint density at radius 3 is 2.58 bits per heavy atom. The van der Waals surface area contributed by atoms with E-state index in [2.05, 4.69) is 10.9 Å². The van der Waals surface area contributed by atoms with Crippen molar-refractivity contribution in [3.63, 3.8) is 0 Å². The molecular formula is C16H13ClF2N2O3. The Morgan fingerprint density at radius 1 is 1.08 bits per heavy atom. The van der Waals surface area contributed by atoms with Gasteiger partial charge in [0.2, 0.25) is 5.91 Å². The highest BCUT2D eigenvalue weighted by Gasteiger charge is 2.13. The Hall–Kier alpha value is -2.67. The minimum absolute atomic E-state index is 0.0340. The van der Waals surface area contributed by atoms with E-state index >= 15 is 0 Å². The number of benzene rings is 2. The molecule has 0 aliphatic heterocycles. The van der Waals surface area contributed by atoms with Crippen LogP contribution >= 0.6 is 11.6 Å². The molecule has 0 bridgehead atoms. The van der Waals surface area contributed by atoms with Crippen LogP contribution in [0.5, 0.6) is 5.75 Å². The maximum Gasteiger partial charge on any atom is 0.273 e. The summed E-state index contributed by atoms with van der Waals surface area (Å²) in [4.78, 5) is 23.5. The molecule has 2 amide bonds. The molecule has 0 radical (unpaired) electrons. The van der Waals surface area contributed by atoms with Crippen molar-refractivity contribution in [3.8, 4) is 5.75 Å². The lowest BCUT2D eigenvalue weighted by atomic mass is 10.1. The first kappa shape index (κ1) is 17.7. The standard InChI is InChI=1S/C16H13ClF2N2O3/c17-10-2-5-14(22)12(8-10)16(24)21-20-15(23)6-1-9-7-11(18)3-4-13(9)19/h2-5,7-8,22H,1,6H2,(H,20,23)(H,21,24). The predicted octanol–water partition coefficient (Wildman–Crippen LogP) is 2.72. The smallest absolute Gasteiger partial charge is 0.273 e. The maximum atomic E-state index is 13.4. The van der Waals surface area contributed by atoms with Crippen LogP contribution in [-0.2, 0) is 11.2 Å². The fourth-order valence-corrected chi connectivity index (χ4v) is 2.10. The third-order valence-corrected chi connectivity index (χ3v) is 3.38. The number of rotatable bonds is 4. The Kier molecular flexibility index (Phi) is 5.70. The third-order valence-electron chi connectivity index (χ3n) is 3.15. The first-order valence-corrected chi connectivity index (χ1v) is 7.26. The number of amides is 2. The molecule has 5 nitrogen and oxygen atoms in total. The summed E-state index contributed by atoms with van der Waals surface area (Å²) < 4.78 is 26.5. The van der Waals surface area contributed by atoms with E-state index in [4.69, 9.17) is 11.6 Å². The van der Waals surface area contributed by atoms with Crippen LogP contribution in [0.4, 0.5) is 8.78 Å². The summed E-state index contributed by atoms with van der Waals surface area (Å²) in [6.07, 6.45) is -0.199. The normalized spacial score (nSPS) is 10.3. The summed E-state index contributed by atoms with van der Waals surface area (Å²) >= 11 is 5.72. The number of halogens is 3. The number of hydrazine groups is 1. The molecule has 24 heavy (non-hydrogen) atoms. The number of aryl methyl sites for hydroxylation is 1. The molecule has 2 rings (SSSR count). The highest BCUT2D eigenvalue weighted by atomic mass is 35.5. The van der Waals surface area contributed by atoms with Gasteiger partial charge >= 0.3 is 0 Å². The van der Waals surface area contributed by atoms with Gasteiger partial charge in [-0.25, -0.2) is 8.78 Å². The second kappa shape index (κ2) is 7.74. The number of hydrogen-bond donors (Lipinski definition) is 3. The quantitative estimate of drug-likeness (QED) is 0.739. The van der Waals surface area contributed by atoms with Crippen molar-refractivity contribution in [1.82, 2.24) is 10.9 Å². The van der Waals surface area contributed by atoms with Gasteiger partial charge in [0.05, 0.1) is 5.56 Å². The fourth-order valence-electron chi connectivity index (χ4n) is 1.93. The van der Waals surface area contributed by atoms with Gasteiger partial charge in [0, 0.05) is 11.4 Å². The van der Waals surface area contributed by atoms with E-state index in [1.54, 1.807) is 0 Å². The van der Waals surface area contributed by atoms with Gasteiger partial charge in [-0.3, -0.25) is 20.4 Å². The van der Waals surface area contributed by atoms with Gasteiger partial charge in [-0.1, -0.05) is 11.6 Å². The van der Waals surface area contributed by atoms with E-state index in [-0.39, 0.29) is 34.7 Å². The molecule has 0 spiro atoms. The Bertz CT molecular complexity index is 784. The van der Waals surface area contributed by atoms with Gasteiger partial charge in [0.1, 0.15) is 17.4 Å². The summed E-state index contributed by atoms with van der Waals surface area (Å²) in [6, 6.07) is 6.85. The van der Waals surface area contributed by atoms with E-state index in [1.807, 2.05) is 0 Å². The molecule has 0 saturated heterocycles. The van der Waals surface area contributed by atoms with Gasteiger partial charge in [-0.2, -0.15) is 0 Å². The molecule has 2 aromatic rings. The van der Waals surface area contributed by atoms with Gasteiger partial charge in [0.25, 0.3) is 5.91 Å². The average Bonchev–Trinajstić information content (AvgIpc) is 2.55. The molecule has 0 aromatic heterocycles. The van der Waals surface area contributed by atoms with Crippen molar-refractivity contribution >= 4 is 23.4 Å². The highest BCUT2D eigenvalue weighted by molar-refractivity contribution is 6.31. The number of carbonyl (C=O) groups excluding carboxylic acids is 2. The van der Waals surface area contributed by atoms with Crippen LogP contribution in [0.25, 0.3) is 0 Å². The van der Waals surface area contributed by atoms with Crippen molar-refractivity contribution in [2.45, 2.75) is 12.8 Å². The zero-order valence-corrected chi connectivity index (χ0v) is 13.0. The van der Waals surface area contributed by atoms with Gasteiger partial charge in [0.15, 0.2) is 0 Å². The van der Waals surface area contributed by atoms with Crippen molar-refractivity contribution in [2.24, 2.45) is 0 Å². The van der Waals surface area contributed by atoms with Crippen LogP contribution in [0.3, 0.4) is 0 Å². The van der Waals surface area contributed by atoms with Crippen LogP contribution in [0.2, 0.25) is 5.02 Å². The van der Waals surface area contributed by atoms with Crippen molar-refractivity contribution in [3.05, 3.63) is 64.2 Å². The van der Waals surface area contributed by atoms with Gasteiger partial charge in [-0.05, 0) is 48.4 Å². The Morgan fingerprint density at radius 2 is 1.83 bits per heavy atom. The monoisotopic (exact) mass is 354 g/mol. The number of carbonyl (C=O) groups is 2. The number of hydrogen-bond acceptors (Lipinski definition) is 3. The van der Waals surface area contributed by atoms with Crippen LogP contribution in [0, 0.1) is 11.6 Å². The van der Waals surface area contributed by atoms with Crippen LogP contribution in [-0.4, -0.2) is 16.9 Å². The van der Waals surface area contributed by atoms with Gasteiger partial charge < -0.3 is 5.11 Å². The SMILES string of the molecule is O=C(CCc1cc(F)ccc1F)NNC(=O)c1cc(Cl)ccc1O. The molecule has 3 N–H and O–H groups in total. The zero-order chi connectivity index (χ0) is 17.7. The lowest BCUT2D eigenvalue weighted by Gasteiger charge is -2.09. The summed E-state index contributed by atoms with van der Waals surface area (Å²) in [7, 11) is 0. The summed E-state index contributed by atoms with van der Waals surface area (Å²) in [5.74, 6) is -2.88. The Balaban J connectivity index is 1.88. The lowest BCUT2D eigenvalue weighted by Crippen LogP contribution is -2.41. The molecule has 0 fully saturated rings. The molecule has 0 aliphatic carbocycles. The van der Waals surface area contributed by atoms with E-state index in [1.165, 1.54) is 18.2 Å².